The van der Waals surface area contributed by atoms with E-state index in [1.165, 1.54) is 0 Å². The predicted octanol–water partition coefficient (Wildman–Crippen LogP) is 3.82. The SMILES string of the molecule is COc1cc2ccncc2cc1OCc1ccccc1. The molecule has 3 heteroatoms. The maximum atomic E-state index is 5.87. The Kier molecular flexibility index (Phi) is 3.50. The number of nitrogens with zero attached hydrogens (tertiary/aromatic N) is 1. The van der Waals surface area contributed by atoms with Gasteiger partial charge in [0.05, 0.1) is 7.11 Å². The van der Waals surface area contributed by atoms with Crippen LogP contribution in [0.25, 0.3) is 10.8 Å². The lowest BCUT2D eigenvalue weighted by molar-refractivity contribution is 0.285. The van der Waals surface area contributed by atoms with Crippen molar-refractivity contribution in [1.29, 1.82) is 0 Å². The summed E-state index contributed by atoms with van der Waals surface area (Å²) in [6, 6.07) is 16.0. The Morgan fingerprint density at radius 2 is 1.75 bits per heavy atom. The molecule has 20 heavy (non-hydrogen) atoms. The third-order valence-corrected chi connectivity index (χ3v) is 3.16. The van der Waals surface area contributed by atoms with Crippen molar-refractivity contribution in [3.05, 3.63) is 66.5 Å². The second-order valence-electron chi connectivity index (χ2n) is 4.50. The average Bonchev–Trinajstić information content (AvgIpc) is 2.53. The van der Waals surface area contributed by atoms with Gasteiger partial charge in [-0.15, -0.1) is 0 Å². The van der Waals surface area contributed by atoms with Crippen molar-refractivity contribution in [2.45, 2.75) is 6.61 Å². The zero-order chi connectivity index (χ0) is 13.8. The summed E-state index contributed by atoms with van der Waals surface area (Å²) in [5, 5.41) is 2.13. The van der Waals surface area contributed by atoms with Crippen LogP contribution in [0.4, 0.5) is 0 Å². The van der Waals surface area contributed by atoms with Gasteiger partial charge in [0.2, 0.25) is 0 Å². The number of hydrogen-bond acceptors (Lipinski definition) is 3. The van der Waals surface area contributed by atoms with Crippen LogP contribution in [0.3, 0.4) is 0 Å². The second kappa shape index (κ2) is 5.61. The van der Waals surface area contributed by atoms with Crippen LogP contribution in [0.5, 0.6) is 11.5 Å². The first-order chi connectivity index (χ1) is 9.86. The minimum Gasteiger partial charge on any atom is -0.493 e. The summed E-state index contributed by atoms with van der Waals surface area (Å²) in [6.07, 6.45) is 3.59. The smallest absolute Gasteiger partial charge is 0.162 e. The van der Waals surface area contributed by atoms with E-state index in [2.05, 4.69) is 4.98 Å². The molecule has 1 aromatic heterocycles. The molecule has 2 aromatic carbocycles. The van der Waals surface area contributed by atoms with E-state index in [9.17, 15) is 0 Å². The largest absolute Gasteiger partial charge is 0.493 e. The summed E-state index contributed by atoms with van der Waals surface area (Å²) in [7, 11) is 1.65. The van der Waals surface area contributed by atoms with Crippen molar-refractivity contribution in [1.82, 2.24) is 4.98 Å². The van der Waals surface area contributed by atoms with Crippen LogP contribution in [-0.2, 0) is 6.61 Å². The standard InChI is InChI=1S/C17H15NO2/c1-19-16-9-14-7-8-18-11-15(14)10-17(16)20-12-13-5-3-2-4-6-13/h2-11H,12H2,1H3. The van der Waals surface area contributed by atoms with Crippen molar-refractivity contribution in [3.63, 3.8) is 0 Å². The molecule has 0 atom stereocenters. The minimum absolute atomic E-state index is 0.517. The first-order valence-electron chi connectivity index (χ1n) is 6.45. The zero-order valence-corrected chi connectivity index (χ0v) is 11.2. The summed E-state index contributed by atoms with van der Waals surface area (Å²) in [6.45, 7) is 0.517. The van der Waals surface area contributed by atoms with Crippen LogP contribution in [0.2, 0.25) is 0 Å². The highest BCUT2D eigenvalue weighted by atomic mass is 16.5. The van der Waals surface area contributed by atoms with Crippen LogP contribution in [0.1, 0.15) is 5.56 Å². The highest BCUT2D eigenvalue weighted by molar-refractivity contribution is 5.85. The fourth-order valence-corrected chi connectivity index (χ4v) is 2.10. The lowest BCUT2D eigenvalue weighted by Gasteiger charge is -2.12. The summed E-state index contributed by atoms with van der Waals surface area (Å²) in [5.74, 6) is 1.47. The Bertz CT molecular complexity index is 711. The summed E-state index contributed by atoms with van der Waals surface area (Å²) in [4.78, 5) is 4.13. The molecule has 1 heterocycles. The monoisotopic (exact) mass is 265 g/mol. The molecule has 0 aliphatic heterocycles. The summed E-state index contributed by atoms with van der Waals surface area (Å²) < 4.78 is 11.3. The first-order valence-corrected chi connectivity index (χ1v) is 6.45. The van der Waals surface area contributed by atoms with E-state index in [-0.39, 0.29) is 0 Å². The molecule has 0 unspecified atom stereocenters. The van der Waals surface area contributed by atoms with Crippen LogP contribution in [-0.4, -0.2) is 12.1 Å². The highest BCUT2D eigenvalue weighted by Gasteiger charge is 2.07. The highest BCUT2D eigenvalue weighted by Crippen LogP contribution is 2.32. The molecular weight excluding hydrogens is 250 g/mol. The van der Waals surface area contributed by atoms with E-state index in [0.29, 0.717) is 6.61 Å². The molecule has 0 radical (unpaired) electrons. The number of pyridine rings is 1. The lowest BCUT2D eigenvalue weighted by atomic mass is 10.1. The fraction of sp³-hybridized carbons (Fsp3) is 0.118. The number of rotatable bonds is 4. The molecule has 3 aromatic rings. The third kappa shape index (κ3) is 2.57. The van der Waals surface area contributed by atoms with Gasteiger partial charge in [0.25, 0.3) is 0 Å². The molecule has 0 amide bonds. The maximum Gasteiger partial charge on any atom is 0.162 e. The van der Waals surface area contributed by atoms with Gasteiger partial charge in [-0.3, -0.25) is 4.98 Å². The quantitative estimate of drug-likeness (QED) is 0.718. The molecular formula is C17H15NO2. The minimum atomic E-state index is 0.517. The van der Waals surface area contributed by atoms with Gasteiger partial charge in [0.1, 0.15) is 6.61 Å². The number of hydrogen-bond donors (Lipinski definition) is 0. The van der Waals surface area contributed by atoms with E-state index >= 15 is 0 Å². The molecule has 0 N–H and O–H groups in total. The van der Waals surface area contributed by atoms with Crippen molar-refractivity contribution in [3.8, 4) is 11.5 Å². The first kappa shape index (κ1) is 12.5. The predicted molar refractivity (Wildman–Crippen MR) is 79.1 cm³/mol. The Balaban J connectivity index is 1.90. The van der Waals surface area contributed by atoms with Gasteiger partial charge in [-0.25, -0.2) is 0 Å². The van der Waals surface area contributed by atoms with Crippen LogP contribution in [0.15, 0.2) is 60.9 Å². The molecule has 100 valence electrons. The number of methoxy groups -OCH3 is 1. The van der Waals surface area contributed by atoms with Gasteiger partial charge < -0.3 is 9.47 Å². The molecule has 0 saturated carbocycles. The van der Waals surface area contributed by atoms with Crippen molar-refractivity contribution in [2.75, 3.05) is 7.11 Å². The Morgan fingerprint density at radius 1 is 0.950 bits per heavy atom. The Labute approximate surface area is 117 Å². The van der Waals surface area contributed by atoms with E-state index in [1.807, 2.05) is 54.7 Å². The number of fused-ring (bicyclic) bond motifs is 1. The van der Waals surface area contributed by atoms with Gasteiger partial charge >= 0.3 is 0 Å². The Morgan fingerprint density at radius 3 is 2.55 bits per heavy atom. The van der Waals surface area contributed by atoms with Crippen molar-refractivity contribution in [2.24, 2.45) is 0 Å². The van der Waals surface area contributed by atoms with E-state index in [1.54, 1.807) is 13.3 Å². The number of benzene rings is 2. The van der Waals surface area contributed by atoms with Crippen LogP contribution < -0.4 is 9.47 Å². The maximum absolute atomic E-state index is 5.87. The van der Waals surface area contributed by atoms with Crippen LogP contribution in [0, 0.1) is 0 Å². The summed E-state index contributed by atoms with van der Waals surface area (Å²) in [5.41, 5.74) is 1.13. The van der Waals surface area contributed by atoms with E-state index in [4.69, 9.17) is 9.47 Å². The third-order valence-electron chi connectivity index (χ3n) is 3.16. The fourth-order valence-electron chi connectivity index (χ4n) is 2.10. The molecule has 0 fully saturated rings. The van der Waals surface area contributed by atoms with Crippen molar-refractivity contribution < 1.29 is 9.47 Å². The lowest BCUT2D eigenvalue weighted by Crippen LogP contribution is -1.97. The Hall–Kier alpha value is -2.55. The second-order valence-corrected chi connectivity index (χ2v) is 4.50. The zero-order valence-electron chi connectivity index (χ0n) is 11.2. The van der Waals surface area contributed by atoms with Crippen LogP contribution >= 0.6 is 0 Å². The molecule has 0 saturated heterocycles. The normalized spacial score (nSPS) is 10.4. The van der Waals surface area contributed by atoms with Gasteiger partial charge in [-0.1, -0.05) is 30.3 Å². The average molecular weight is 265 g/mol. The molecule has 0 spiro atoms. The van der Waals surface area contributed by atoms with E-state index < -0.39 is 0 Å². The van der Waals surface area contributed by atoms with E-state index in [0.717, 1.165) is 27.8 Å². The number of aromatic nitrogens is 1. The topological polar surface area (TPSA) is 31.4 Å². The molecule has 0 aliphatic carbocycles. The van der Waals surface area contributed by atoms with Crippen molar-refractivity contribution >= 4 is 10.8 Å². The number of ether oxygens (including phenoxy) is 2. The van der Waals surface area contributed by atoms with Gasteiger partial charge in [-0.05, 0) is 29.1 Å². The van der Waals surface area contributed by atoms with Gasteiger partial charge in [0, 0.05) is 17.8 Å². The molecule has 0 aliphatic rings. The molecule has 3 nitrogen and oxygen atoms in total. The molecule has 0 bridgehead atoms. The van der Waals surface area contributed by atoms with Gasteiger partial charge in [-0.2, -0.15) is 0 Å². The summed E-state index contributed by atoms with van der Waals surface area (Å²) >= 11 is 0. The molecule has 3 rings (SSSR count). The van der Waals surface area contributed by atoms with Gasteiger partial charge in [0.15, 0.2) is 11.5 Å².